The second-order valence-electron chi connectivity index (χ2n) is 6.10. The molecule has 1 aromatic rings. The Morgan fingerprint density at radius 1 is 1.10 bits per heavy atom. The summed E-state index contributed by atoms with van der Waals surface area (Å²) in [7, 11) is 0. The highest BCUT2D eigenvalue weighted by atomic mass is 19.4. The Morgan fingerprint density at radius 2 is 1.76 bits per heavy atom. The van der Waals surface area contributed by atoms with Crippen LogP contribution in [0.5, 0.6) is 0 Å². The summed E-state index contributed by atoms with van der Waals surface area (Å²) in [5, 5.41) is 0. The van der Waals surface area contributed by atoms with Crippen molar-refractivity contribution in [2.24, 2.45) is 10.4 Å². The van der Waals surface area contributed by atoms with Gasteiger partial charge in [-0.25, -0.2) is 4.39 Å². The van der Waals surface area contributed by atoms with Gasteiger partial charge in [0.25, 0.3) is 0 Å². The number of dihydropyridines is 1. The van der Waals surface area contributed by atoms with Crippen molar-refractivity contribution < 1.29 is 17.6 Å². The van der Waals surface area contributed by atoms with Gasteiger partial charge in [-0.05, 0) is 29.7 Å². The van der Waals surface area contributed by atoms with E-state index in [9.17, 15) is 17.6 Å². The van der Waals surface area contributed by atoms with E-state index in [4.69, 9.17) is 0 Å². The Morgan fingerprint density at radius 3 is 2.33 bits per heavy atom. The van der Waals surface area contributed by atoms with Gasteiger partial charge in [0.2, 0.25) is 0 Å². The third kappa shape index (κ3) is 3.34. The highest BCUT2D eigenvalue weighted by molar-refractivity contribution is 6.05. The number of halogens is 4. The van der Waals surface area contributed by atoms with Crippen molar-refractivity contribution in [2.45, 2.75) is 33.4 Å². The van der Waals surface area contributed by atoms with Gasteiger partial charge in [-0.3, -0.25) is 4.99 Å². The fourth-order valence-electron chi connectivity index (χ4n) is 2.33. The van der Waals surface area contributed by atoms with Crippen molar-refractivity contribution in [3.63, 3.8) is 0 Å². The van der Waals surface area contributed by atoms with Crippen molar-refractivity contribution in [2.75, 3.05) is 6.54 Å². The van der Waals surface area contributed by atoms with E-state index in [2.05, 4.69) is 4.99 Å². The number of nitrogens with zero attached hydrogens (tertiary/aromatic N) is 1. The van der Waals surface area contributed by atoms with Crippen LogP contribution in [-0.2, 0) is 6.18 Å². The SMILES string of the molecule is CC(C)(C)C1=NCCC(c2cccc(F)c2C(F)(F)F)=C1. The lowest BCUT2D eigenvalue weighted by molar-refractivity contribution is -0.140. The average molecular weight is 299 g/mol. The molecule has 0 atom stereocenters. The molecule has 1 nitrogen and oxygen atoms in total. The molecule has 0 bridgehead atoms. The van der Waals surface area contributed by atoms with Crippen molar-refractivity contribution in [3.8, 4) is 0 Å². The first-order valence-corrected chi connectivity index (χ1v) is 6.72. The summed E-state index contributed by atoms with van der Waals surface area (Å²) in [4.78, 5) is 4.36. The lowest BCUT2D eigenvalue weighted by Crippen LogP contribution is -2.22. The van der Waals surface area contributed by atoms with Crippen LogP contribution in [0.1, 0.15) is 38.3 Å². The first-order valence-electron chi connectivity index (χ1n) is 6.72. The molecular weight excluding hydrogens is 282 g/mol. The van der Waals surface area contributed by atoms with E-state index in [1.165, 1.54) is 12.1 Å². The molecule has 1 aromatic carbocycles. The zero-order valence-corrected chi connectivity index (χ0v) is 12.2. The number of hydrogen-bond acceptors (Lipinski definition) is 1. The van der Waals surface area contributed by atoms with Crippen LogP contribution in [0.4, 0.5) is 17.6 Å². The molecule has 2 rings (SSSR count). The summed E-state index contributed by atoms with van der Waals surface area (Å²) in [6.07, 6.45) is -2.67. The van der Waals surface area contributed by atoms with E-state index < -0.39 is 17.6 Å². The van der Waals surface area contributed by atoms with Crippen LogP contribution in [0.15, 0.2) is 29.3 Å². The fraction of sp³-hybridized carbons (Fsp3) is 0.438. The van der Waals surface area contributed by atoms with Gasteiger partial charge in [0, 0.05) is 17.7 Å². The third-order valence-electron chi connectivity index (χ3n) is 3.39. The molecule has 0 radical (unpaired) electrons. The lowest BCUT2D eigenvalue weighted by atomic mass is 9.85. The Hall–Kier alpha value is -1.65. The summed E-state index contributed by atoms with van der Waals surface area (Å²) in [6.45, 7) is 6.26. The van der Waals surface area contributed by atoms with E-state index in [0.717, 1.165) is 11.8 Å². The quantitative estimate of drug-likeness (QED) is 0.638. The molecule has 0 saturated carbocycles. The van der Waals surface area contributed by atoms with Gasteiger partial charge < -0.3 is 0 Å². The van der Waals surface area contributed by atoms with E-state index in [1.54, 1.807) is 6.08 Å². The largest absolute Gasteiger partial charge is 0.419 e. The standard InChI is InChI=1S/C16H17F4N/c1-15(2,3)13-9-10(7-8-21-13)11-5-4-6-12(17)14(11)16(18,19)20/h4-6,9H,7-8H2,1-3H3. The number of rotatable bonds is 1. The smallest absolute Gasteiger partial charge is 0.289 e. The molecule has 0 amide bonds. The summed E-state index contributed by atoms with van der Waals surface area (Å²) in [5.74, 6) is -1.24. The molecule has 0 aromatic heterocycles. The Balaban J connectivity index is 2.56. The van der Waals surface area contributed by atoms with E-state index in [-0.39, 0.29) is 11.0 Å². The average Bonchev–Trinajstić information content (AvgIpc) is 2.36. The molecule has 0 spiro atoms. The van der Waals surface area contributed by atoms with Gasteiger partial charge in [-0.2, -0.15) is 13.2 Å². The Labute approximate surface area is 121 Å². The maximum absolute atomic E-state index is 13.7. The van der Waals surface area contributed by atoms with Gasteiger partial charge >= 0.3 is 6.18 Å². The zero-order valence-electron chi connectivity index (χ0n) is 12.2. The van der Waals surface area contributed by atoms with Crippen molar-refractivity contribution in [1.82, 2.24) is 0 Å². The predicted molar refractivity (Wildman–Crippen MR) is 75.8 cm³/mol. The van der Waals surface area contributed by atoms with Crippen LogP contribution in [-0.4, -0.2) is 12.3 Å². The third-order valence-corrected chi connectivity index (χ3v) is 3.39. The van der Waals surface area contributed by atoms with E-state index in [0.29, 0.717) is 18.5 Å². The maximum Gasteiger partial charge on any atom is 0.419 e. The Bertz CT molecular complexity index is 604. The van der Waals surface area contributed by atoms with Crippen molar-refractivity contribution >= 4 is 11.3 Å². The van der Waals surface area contributed by atoms with Crippen molar-refractivity contribution in [1.29, 1.82) is 0 Å². The summed E-state index contributed by atoms with van der Waals surface area (Å²) in [6, 6.07) is 3.47. The minimum atomic E-state index is -4.71. The number of allylic oxidation sites excluding steroid dienone is 1. The van der Waals surface area contributed by atoms with Crippen LogP contribution >= 0.6 is 0 Å². The Kier molecular flexibility index (Phi) is 3.95. The van der Waals surface area contributed by atoms with E-state index >= 15 is 0 Å². The maximum atomic E-state index is 13.7. The van der Waals surface area contributed by atoms with Crippen molar-refractivity contribution in [3.05, 3.63) is 41.2 Å². The number of aliphatic imine (C=N–C) groups is 1. The minimum absolute atomic E-state index is 0.0841. The second kappa shape index (κ2) is 5.28. The van der Waals surface area contributed by atoms with Gasteiger partial charge in [0.05, 0.1) is 5.56 Å². The summed E-state index contributed by atoms with van der Waals surface area (Å²) >= 11 is 0. The molecule has 0 fully saturated rings. The van der Waals surface area contributed by atoms with Crippen LogP contribution < -0.4 is 0 Å². The van der Waals surface area contributed by atoms with Crippen LogP contribution in [0, 0.1) is 11.2 Å². The molecule has 0 saturated heterocycles. The molecule has 1 aliphatic heterocycles. The monoisotopic (exact) mass is 299 g/mol. The predicted octanol–water partition coefficient (Wildman–Crippen LogP) is 5.12. The molecule has 0 unspecified atom stereocenters. The van der Waals surface area contributed by atoms with Gasteiger partial charge in [-0.15, -0.1) is 0 Å². The number of alkyl halides is 3. The van der Waals surface area contributed by atoms with Gasteiger partial charge in [-0.1, -0.05) is 32.9 Å². The molecule has 21 heavy (non-hydrogen) atoms. The molecule has 1 heterocycles. The van der Waals surface area contributed by atoms with Crippen LogP contribution in [0.25, 0.3) is 5.57 Å². The highest BCUT2D eigenvalue weighted by Crippen LogP contribution is 2.38. The summed E-state index contributed by atoms with van der Waals surface area (Å²) < 4.78 is 52.9. The molecular formula is C16H17F4N. The molecule has 0 aliphatic carbocycles. The topological polar surface area (TPSA) is 12.4 Å². The molecule has 5 heteroatoms. The first-order chi connectivity index (χ1) is 9.60. The number of benzene rings is 1. The fourth-order valence-corrected chi connectivity index (χ4v) is 2.33. The first kappa shape index (κ1) is 15.7. The van der Waals surface area contributed by atoms with Gasteiger partial charge in [0.15, 0.2) is 0 Å². The lowest BCUT2D eigenvalue weighted by Gasteiger charge is -2.24. The summed E-state index contributed by atoms with van der Waals surface area (Å²) in [5.41, 5.74) is -0.300. The second-order valence-corrected chi connectivity index (χ2v) is 6.10. The number of hydrogen-bond donors (Lipinski definition) is 0. The molecule has 1 aliphatic rings. The normalized spacial score (nSPS) is 16.5. The van der Waals surface area contributed by atoms with Crippen LogP contribution in [0.2, 0.25) is 0 Å². The molecule has 0 N–H and O–H groups in total. The van der Waals surface area contributed by atoms with E-state index in [1.807, 2.05) is 20.8 Å². The van der Waals surface area contributed by atoms with Crippen LogP contribution in [0.3, 0.4) is 0 Å². The zero-order chi connectivity index (χ0) is 15.8. The van der Waals surface area contributed by atoms with Gasteiger partial charge in [0.1, 0.15) is 5.82 Å². The highest BCUT2D eigenvalue weighted by Gasteiger charge is 2.37. The molecule has 114 valence electrons. The minimum Gasteiger partial charge on any atom is -0.289 e.